The number of hydrogen-bond donors (Lipinski definition) is 1. The minimum atomic E-state index is 0.144. The van der Waals surface area contributed by atoms with Crippen molar-refractivity contribution in [3.63, 3.8) is 0 Å². The zero-order valence-electron chi connectivity index (χ0n) is 12.7. The molecule has 0 aliphatic heterocycles. The molecule has 19 heavy (non-hydrogen) atoms. The van der Waals surface area contributed by atoms with Crippen LogP contribution in [-0.2, 0) is 5.41 Å². The smallest absolute Gasteiger partial charge is 0.120 e. The second-order valence-corrected chi connectivity index (χ2v) is 6.67. The van der Waals surface area contributed by atoms with Crippen LogP contribution in [0.2, 0.25) is 0 Å². The normalized spacial score (nSPS) is 11.9. The minimum Gasteiger partial charge on any atom is -0.494 e. The molecule has 0 radical (unpaired) electrons. The highest BCUT2D eigenvalue weighted by Crippen LogP contribution is 2.34. The summed E-state index contributed by atoms with van der Waals surface area (Å²) in [5.41, 5.74) is 1.48. The Morgan fingerprint density at radius 2 is 2.00 bits per heavy atom. The summed E-state index contributed by atoms with van der Waals surface area (Å²) in [7, 11) is 0. The van der Waals surface area contributed by atoms with Crippen LogP contribution in [0.1, 0.15) is 46.6 Å². The van der Waals surface area contributed by atoms with Crippen molar-refractivity contribution in [2.24, 2.45) is 0 Å². The van der Waals surface area contributed by atoms with Crippen LogP contribution in [0.3, 0.4) is 0 Å². The van der Waals surface area contributed by atoms with Crippen LogP contribution < -0.4 is 10.1 Å². The van der Waals surface area contributed by atoms with Gasteiger partial charge in [0, 0.05) is 10.5 Å². The van der Waals surface area contributed by atoms with Crippen LogP contribution in [0.25, 0.3) is 0 Å². The monoisotopic (exact) mass is 327 g/mol. The Morgan fingerprint density at radius 3 is 2.53 bits per heavy atom. The molecule has 0 bridgehead atoms. The summed E-state index contributed by atoms with van der Waals surface area (Å²) >= 11 is 3.67. The quantitative estimate of drug-likeness (QED) is 0.795. The summed E-state index contributed by atoms with van der Waals surface area (Å²) in [5, 5.41) is 3.48. The lowest BCUT2D eigenvalue weighted by Crippen LogP contribution is -2.29. The molecule has 0 atom stereocenters. The van der Waals surface area contributed by atoms with Gasteiger partial charge in [-0.3, -0.25) is 0 Å². The maximum Gasteiger partial charge on any atom is 0.120 e. The van der Waals surface area contributed by atoms with E-state index in [9.17, 15) is 0 Å². The van der Waals surface area contributed by atoms with Crippen molar-refractivity contribution in [1.82, 2.24) is 5.32 Å². The highest BCUT2D eigenvalue weighted by atomic mass is 79.9. The fourth-order valence-electron chi connectivity index (χ4n) is 2.11. The summed E-state index contributed by atoms with van der Waals surface area (Å²) < 4.78 is 6.66. The molecular formula is C16H26BrNO. The molecule has 1 aromatic rings. The van der Waals surface area contributed by atoms with E-state index in [1.807, 2.05) is 6.92 Å². The van der Waals surface area contributed by atoms with Gasteiger partial charge in [-0.2, -0.15) is 0 Å². The van der Waals surface area contributed by atoms with Crippen LogP contribution in [0.5, 0.6) is 5.75 Å². The number of hydrogen-bond acceptors (Lipinski definition) is 2. The molecule has 0 fully saturated rings. The average Bonchev–Trinajstić information content (AvgIpc) is 2.28. The van der Waals surface area contributed by atoms with E-state index in [0.717, 1.165) is 23.2 Å². The van der Waals surface area contributed by atoms with Crippen molar-refractivity contribution in [3.05, 3.63) is 28.2 Å². The van der Waals surface area contributed by atoms with Crippen molar-refractivity contribution in [3.8, 4) is 5.75 Å². The van der Waals surface area contributed by atoms with E-state index in [4.69, 9.17) is 4.74 Å². The fourth-order valence-corrected chi connectivity index (χ4v) is 3.00. The molecular weight excluding hydrogens is 302 g/mol. The van der Waals surface area contributed by atoms with Gasteiger partial charge < -0.3 is 10.1 Å². The second kappa shape index (κ2) is 7.30. The Balaban J connectivity index is 2.76. The number of halogens is 1. The first kappa shape index (κ1) is 16.5. The van der Waals surface area contributed by atoms with E-state index in [-0.39, 0.29) is 5.41 Å². The zero-order chi connectivity index (χ0) is 14.5. The van der Waals surface area contributed by atoms with Crippen LogP contribution in [0.4, 0.5) is 0 Å². The van der Waals surface area contributed by atoms with Crippen LogP contribution >= 0.6 is 15.9 Å². The highest BCUT2D eigenvalue weighted by Gasteiger charge is 2.23. The molecule has 0 aromatic heterocycles. The van der Waals surface area contributed by atoms with Crippen LogP contribution in [0, 0.1) is 0 Å². The summed E-state index contributed by atoms with van der Waals surface area (Å²) in [6, 6.07) is 6.84. The number of rotatable bonds is 7. The third-order valence-electron chi connectivity index (χ3n) is 3.28. The molecule has 1 N–H and O–H groups in total. The van der Waals surface area contributed by atoms with Gasteiger partial charge in [-0.15, -0.1) is 0 Å². The molecule has 108 valence electrons. The van der Waals surface area contributed by atoms with Crippen LogP contribution in [-0.4, -0.2) is 19.2 Å². The Kier molecular flexibility index (Phi) is 6.34. The van der Waals surface area contributed by atoms with E-state index in [2.05, 4.69) is 67.1 Å². The summed E-state index contributed by atoms with van der Waals surface area (Å²) in [6.45, 7) is 12.7. The lowest BCUT2D eigenvalue weighted by Gasteiger charge is -2.27. The lowest BCUT2D eigenvalue weighted by atomic mass is 9.81. The van der Waals surface area contributed by atoms with Gasteiger partial charge in [0.05, 0.1) is 6.61 Å². The minimum absolute atomic E-state index is 0.144. The maximum absolute atomic E-state index is 5.52. The molecule has 0 amide bonds. The van der Waals surface area contributed by atoms with Crippen molar-refractivity contribution < 1.29 is 4.74 Å². The highest BCUT2D eigenvalue weighted by molar-refractivity contribution is 9.10. The molecule has 0 saturated heterocycles. The zero-order valence-corrected chi connectivity index (χ0v) is 14.3. The van der Waals surface area contributed by atoms with Gasteiger partial charge in [0.15, 0.2) is 0 Å². The first-order chi connectivity index (χ1) is 8.86. The predicted molar refractivity (Wildman–Crippen MR) is 86.1 cm³/mol. The maximum atomic E-state index is 5.52. The third-order valence-corrected chi connectivity index (χ3v) is 3.94. The molecule has 0 unspecified atom stereocenters. The van der Waals surface area contributed by atoms with Gasteiger partial charge in [-0.1, -0.05) is 49.7 Å². The van der Waals surface area contributed by atoms with E-state index in [1.54, 1.807) is 0 Å². The van der Waals surface area contributed by atoms with Gasteiger partial charge in [0.25, 0.3) is 0 Å². The van der Waals surface area contributed by atoms with E-state index in [1.165, 1.54) is 5.56 Å². The fraction of sp³-hybridized carbons (Fsp3) is 0.625. The Bertz CT molecular complexity index is 402. The molecule has 0 spiro atoms. The molecule has 0 aliphatic rings. The molecule has 2 nitrogen and oxygen atoms in total. The standard InChI is InChI=1S/C16H26BrNO/c1-6-19-13-7-8-14(15(17)11-13)16(4,5)9-10-18-12(2)3/h7-8,11-12,18H,6,9-10H2,1-5H3. The molecule has 1 aromatic carbocycles. The van der Waals surface area contributed by atoms with E-state index in [0.29, 0.717) is 12.6 Å². The van der Waals surface area contributed by atoms with Gasteiger partial charge in [-0.25, -0.2) is 0 Å². The molecule has 1 rings (SSSR count). The molecule has 0 saturated carbocycles. The summed E-state index contributed by atoms with van der Waals surface area (Å²) in [4.78, 5) is 0. The van der Waals surface area contributed by atoms with E-state index >= 15 is 0 Å². The predicted octanol–water partition coefficient (Wildman–Crippen LogP) is 4.51. The lowest BCUT2D eigenvalue weighted by molar-refractivity contribution is 0.339. The first-order valence-electron chi connectivity index (χ1n) is 7.03. The molecule has 0 aliphatic carbocycles. The Labute approximate surface area is 126 Å². The third kappa shape index (κ3) is 5.15. The van der Waals surface area contributed by atoms with Gasteiger partial charge >= 0.3 is 0 Å². The first-order valence-corrected chi connectivity index (χ1v) is 7.82. The van der Waals surface area contributed by atoms with Gasteiger partial charge in [0.1, 0.15) is 5.75 Å². The summed E-state index contributed by atoms with van der Waals surface area (Å²) in [5.74, 6) is 0.925. The average molecular weight is 328 g/mol. The Morgan fingerprint density at radius 1 is 1.32 bits per heavy atom. The van der Waals surface area contributed by atoms with Gasteiger partial charge in [-0.05, 0) is 43.0 Å². The largest absolute Gasteiger partial charge is 0.494 e. The van der Waals surface area contributed by atoms with Crippen molar-refractivity contribution >= 4 is 15.9 Å². The van der Waals surface area contributed by atoms with Crippen molar-refractivity contribution in [2.45, 2.75) is 52.5 Å². The van der Waals surface area contributed by atoms with E-state index < -0.39 is 0 Å². The number of nitrogens with one attached hydrogen (secondary N) is 1. The van der Waals surface area contributed by atoms with Crippen molar-refractivity contribution in [1.29, 1.82) is 0 Å². The topological polar surface area (TPSA) is 21.3 Å². The number of ether oxygens (including phenoxy) is 1. The molecule has 0 heterocycles. The molecule has 3 heteroatoms. The SMILES string of the molecule is CCOc1ccc(C(C)(C)CCNC(C)C)c(Br)c1. The Hall–Kier alpha value is -0.540. The van der Waals surface area contributed by atoms with Crippen molar-refractivity contribution in [2.75, 3.05) is 13.2 Å². The summed E-state index contributed by atoms with van der Waals surface area (Å²) in [6.07, 6.45) is 1.11. The number of benzene rings is 1. The van der Waals surface area contributed by atoms with Crippen LogP contribution in [0.15, 0.2) is 22.7 Å². The van der Waals surface area contributed by atoms with Gasteiger partial charge in [0.2, 0.25) is 0 Å². The second-order valence-electron chi connectivity index (χ2n) is 5.82.